The zero-order chi connectivity index (χ0) is 16.5. The van der Waals surface area contributed by atoms with E-state index < -0.39 is 5.91 Å². The van der Waals surface area contributed by atoms with Crippen molar-refractivity contribution in [2.24, 2.45) is 5.73 Å². The number of fused-ring (bicyclic) bond motifs is 1. The number of rotatable bonds is 3. The van der Waals surface area contributed by atoms with Crippen molar-refractivity contribution in [2.75, 3.05) is 18.0 Å². The lowest BCUT2D eigenvalue weighted by Crippen LogP contribution is -2.30. The van der Waals surface area contributed by atoms with Gasteiger partial charge in [-0.15, -0.1) is 0 Å². The average molecular weight is 322 g/mol. The van der Waals surface area contributed by atoms with E-state index in [9.17, 15) is 4.79 Å². The Balaban J connectivity index is 1.77. The molecule has 3 aromatic heterocycles. The first kappa shape index (κ1) is 14.6. The van der Waals surface area contributed by atoms with E-state index in [-0.39, 0.29) is 5.69 Å². The molecule has 24 heavy (non-hydrogen) atoms. The standard InChI is InChI=1S/C17H18N6O/c18-17(24)13-11-23-14(9-20-16(23)10-19-13)12-5-4-6-15(21-12)22-7-2-1-3-8-22/h4-6,9-11H,1-3,7-8H2,(H2,18,24). The molecule has 7 heteroatoms. The van der Waals surface area contributed by atoms with E-state index in [0.717, 1.165) is 30.3 Å². The number of anilines is 1. The maximum Gasteiger partial charge on any atom is 0.268 e. The molecule has 4 rings (SSSR count). The summed E-state index contributed by atoms with van der Waals surface area (Å²) in [5, 5.41) is 0. The van der Waals surface area contributed by atoms with Crippen molar-refractivity contribution in [3.05, 3.63) is 42.5 Å². The molecular weight excluding hydrogens is 304 g/mol. The van der Waals surface area contributed by atoms with Crippen LogP contribution < -0.4 is 10.6 Å². The van der Waals surface area contributed by atoms with Crippen LogP contribution in [0.5, 0.6) is 0 Å². The number of primary amides is 1. The molecule has 122 valence electrons. The van der Waals surface area contributed by atoms with E-state index in [0.29, 0.717) is 5.65 Å². The zero-order valence-electron chi connectivity index (χ0n) is 13.2. The van der Waals surface area contributed by atoms with Crippen LogP contribution in [0.15, 0.2) is 36.8 Å². The molecule has 0 spiro atoms. The molecule has 4 heterocycles. The van der Waals surface area contributed by atoms with Crippen molar-refractivity contribution in [3.63, 3.8) is 0 Å². The molecule has 1 fully saturated rings. The Morgan fingerprint density at radius 1 is 1.08 bits per heavy atom. The lowest BCUT2D eigenvalue weighted by atomic mass is 10.1. The van der Waals surface area contributed by atoms with E-state index in [2.05, 4.69) is 14.9 Å². The van der Waals surface area contributed by atoms with Gasteiger partial charge in [0.05, 0.1) is 23.8 Å². The fourth-order valence-electron chi connectivity index (χ4n) is 3.07. The van der Waals surface area contributed by atoms with Crippen LogP contribution in [0.4, 0.5) is 5.82 Å². The summed E-state index contributed by atoms with van der Waals surface area (Å²) in [7, 11) is 0. The molecule has 1 saturated heterocycles. The molecule has 1 aliphatic heterocycles. The van der Waals surface area contributed by atoms with Crippen LogP contribution in [-0.4, -0.2) is 38.3 Å². The number of pyridine rings is 1. The Morgan fingerprint density at radius 2 is 1.92 bits per heavy atom. The van der Waals surface area contributed by atoms with Gasteiger partial charge in [-0.2, -0.15) is 0 Å². The van der Waals surface area contributed by atoms with E-state index >= 15 is 0 Å². The number of piperidine rings is 1. The van der Waals surface area contributed by atoms with Crippen LogP contribution in [-0.2, 0) is 0 Å². The number of imidazole rings is 1. The summed E-state index contributed by atoms with van der Waals surface area (Å²) < 4.78 is 1.80. The van der Waals surface area contributed by atoms with Gasteiger partial charge in [-0.1, -0.05) is 6.07 Å². The molecule has 0 atom stereocenters. The quantitative estimate of drug-likeness (QED) is 0.795. The average Bonchev–Trinajstić information content (AvgIpc) is 3.05. The van der Waals surface area contributed by atoms with Crippen molar-refractivity contribution in [3.8, 4) is 11.4 Å². The number of nitrogens with zero attached hydrogens (tertiary/aromatic N) is 5. The largest absolute Gasteiger partial charge is 0.364 e. The third-order valence-electron chi connectivity index (χ3n) is 4.33. The van der Waals surface area contributed by atoms with Crippen LogP contribution in [0.3, 0.4) is 0 Å². The van der Waals surface area contributed by atoms with Crippen molar-refractivity contribution < 1.29 is 4.79 Å². The van der Waals surface area contributed by atoms with Crippen LogP contribution in [0, 0.1) is 0 Å². The van der Waals surface area contributed by atoms with Gasteiger partial charge in [0.15, 0.2) is 5.65 Å². The van der Waals surface area contributed by atoms with Crippen LogP contribution in [0.1, 0.15) is 29.8 Å². The third-order valence-corrected chi connectivity index (χ3v) is 4.33. The number of hydrogen-bond donors (Lipinski definition) is 1. The smallest absolute Gasteiger partial charge is 0.268 e. The van der Waals surface area contributed by atoms with Gasteiger partial charge < -0.3 is 10.6 Å². The fourth-order valence-corrected chi connectivity index (χ4v) is 3.07. The minimum Gasteiger partial charge on any atom is -0.364 e. The molecule has 0 aromatic carbocycles. The molecule has 0 radical (unpaired) electrons. The summed E-state index contributed by atoms with van der Waals surface area (Å²) in [6.45, 7) is 2.08. The Morgan fingerprint density at radius 3 is 2.71 bits per heavy atom. The molecule has 1 amide bonds. The third kappa shape index (κ3) is 2.58. The van der Waals surface area contributed by atoms with Crippen LogP contribution >= 0.6 is 0 Å². The molecule has 0 saturated carbocycles. The monoisotopic (exact) mass is 322 g/mol. The number of hydrogen-bond acceptors (Lipinski definition) is 5. The van der Waals surface area contributed by atoms with Gasteiger partial charge in [0.2, 0.25) is 0 Å². The topological polar surface area (TPSA) is 89.4 Å². The number of amides is 1. The van der Waals surface area contributed by atoms with Gasteiger partial charge >= 0.3 is 0 Å². The normalized spacial score (nSPS) is 14.9. The summed E-state index contributed by atoms with van der Waals surface area (Å²) in [5.41, 5.74) is 7.81. The first-order valence-electron chi connectivity index (χ1n) is 8.08. The summed E-state index contributed by atoms with van der Waals surface area (Å²) in [6.07, 6.45) is 8.58. The summed E-state index contributed by atoms with van der Waals surface area (Å²) in [5.74, 6) is 0.415. The Labute approximate surface area is 139 Å². The number of carbonyl (C=O) groups excluding carboxylic acids is 1. The number of aromatic nitrogens is 4. The van der Waals surface area contributed by atoms with Gasteiger partial charge in [-0.05, 0) is 31.4 Å². The molecule has 2 N–H and O–H groups in total. The first-order valence-corrected chi connectivity index (χ1v) is 8.08. The SMILES string of the molecule is NC(=O)c1cn2c(-c3cccc(N4CCCCC4)n3)cnc2cn1. The minimum absolute atomic E-state index is 0.203. The molecule has 0 aliphatic carbocycles. The highest BCUT2D eigenvalue weighted by Gasteiger charge is 2.15. The van der Waals surface area contributed by atoms with E-state index in [1.165, 1.54) is 25.5 Å². The highest BCUT2D eigenvalue weighted by molar-refractivity contribution is 5.90. The Kier molecular flexibility index (Phi) is 3.60. The summed E-state index contributed by atoms with van der Waals surface area (Å²) in [4.78, 5) is 26.8. The van der Waals surface area contributed by atoms with Gasteiger partial charge in [-0.25, -0.2) is 15.0 Å². The Bertz CT molecular complexity index is 897. The lowest BCUT2D eigenvalue weighted by molar-refractivity contribution is 0.0995. The van der Waals surface area contributed by atoms with Crippen LogP contribution in [0.2, 0.25) is 0 Å². The van der Waals surface area contributed by atoms with E-state index in [1.54, 1.807) is 16.8 Å². The van der Waals surface area contributed by atoms with Gasteiger partial charge in [0, 0.05) is 19.3 Å². The maximum absolute atomic E-state index is 11.4. The molecule has 0 bridgehead atoms. The van der Waals surface area contributed by atoms with Crippen molar-refractivity contribution >= 4 is 17.4 Å². The highest BCUT2D eigenvalue weighted by Crippen LogP contribution is 2.23. The van der Waals surface area contributed by atoms with E-state index in [1.807, 2.05) is 18.2 Å². The van der Waals surface area contributed by atoms with Gasteiger partial charge in [-0.3, -0.25) is 9.20 Å². The van der Waals surface area contributed by atoms with Crippen molar-refractivity contribution in [2.45, 2.75) is 19.3 Å². The molecule has 7 nitrogen and oxygen atoms in total. The summed E-state index contributed by atoms with van der Waals surface area (Å²) in [6, 6.07) is 5.98. The maximum atomic E-state index is 11.4. The predicted molar refractivity (Wildman–Crippen MR) is 90.8 cm³/mol. The first-order chi connectivity index (χ1) is 11.7. The second-order valence-electron chi connectivity index (χ2n) is 5.94. The molecule has 3 aromatic rings. The van der Waals surface area contributed by atoms with E-state index in [4.69, 9.17) is 10.7 Å². The molecular formula is C17H18N6O. The summed E-state index contributed by atoms with van der Waals surface area (Å²) >= 11 is 0. The number of nitrogens with two attached hydrogens (primary N) is 1. The highest BCUT2D eigenvalue weighted by atomic mass is 16.1. The van der Waals surface area contributed by atoms with Crippen molar-refractivity contribution in [1.29, 1.82) is 0 Å². The molecule has 0 unspecified atom stereocenters. The lowest BCUT2D eigenvalue weighted by Gasteiger charge is -2.27. The second-order valence-corrected chi connectivity index (χ2v) is 5.94. The number of carbonyl (C=O) groups is 1. The molecule has 1 aliphatic rings. The fraction of sp³-hybridized carbons (Fsp3) is 0.294. The van der Waals surface area contributed by atoms with Crippen LogP contribution in [0.25, 0.3) is 17.0 Å². The van der Waals surface area contributed by atoms with Gasteiger partial charge in [0.1, 0.15) is 11.5 Å². The Hall–Kier alpha value is -2.96. The predicted octanol–water partition coefficient (Wildman–Crippen LogP) is 1.88. The second kappa shape index (κ2) is 5.92. The van der Waals surface area contributed by atoms with Gasteiger partial charge in [0.25, 0.3) is 5.91 Å². The minimum atomic E-state index is -0.563. The van der Waals surface area contributed by atoms with Crippen molar-refractivity contribution in [1.82, 2.24) is 19.4 Å². The zero-order valence-corrected chi connectivity index (χ0v) is 13.2.